The number of anilines is 1. The number of piperidine rings is 1. The molecule has 2 N–H and O–H groups in total. The van der Waals surface area contributed by atoms with Crippen LogP contribution in [-0.4, -0.2) is 34.7 Å². The molecule has 6 heteroatoms. The van der Waals surface area contributed by atoms with Gasteiger partial charge in [0.1, 0.15) is 11.0 Å². The Hall–Kier alpha value is -2.29. The molecule has 0 saturated carbocycles. The monoisotopic (exact) mass is 302 g/mol. The van der Waals surface area contributed by atoms with Crippen LogP contribution in [0.15, 0.2) is 18.3 Å². The van der Waals surface area contributed by atoms with Gasteiger partial charge in [0.2, 0.25) is 0 Å². The van der Waals surface area contributed by atoms with Crippen molar-refractivity contribution in [3.63, 3.8) is 0 Å². The smallest absolute Gasteiger partial charge is 0.410 e. The van der Waals surface area contributed by atoms with Crippen molar-refractivity contribution in [2.24, 2.45) is 0 Å². The van der Waals surface area contributed by atoms with Crippen molar-refractivity contribution in [1.29, 1.82) is 5.26 Å². The van der Waals surface area contributed by atoms with Crippen molar-refractivity contribution in [2.45, 2.75) is 44.6 Å². The third-order valence-corrected chi connectivity index (χ3v) is 3.76. The van der Waals surface area contributed by atoms with Gasteiger partial charge in [-0.25, -0.2) is 4.79 Å². The van der Waals surface area contributed by atoms with Gasteiger partial charge in [0.15, 0.2) is 0 Å². The van der Waals surface area contributed by atoms with Gasteiger partial charge in [0.05, 0.1) is 23.6 Å². The number of carbonyl (C=O) groups excluding carboxylic acids is 1. The standard InChI is InChI=1S/C16H22N4O2/c1-15(2,3)22-14(21)20-8-6-16(11-17,7-9-20)13-5-4-12(18)10-19-13/h4-5,10H,6-9,18H2,1-3H3. The molecule has 1 aromatic rings. The first-order valence-electron chi connectivity index (χ1n) is 7.37. The number of nitrogens with zero attached hydrogens (tertiary/aromatic N) is 3. The number of ether oxygens (including phenoxy) is 1. The van der Waals surface area contributed by atoms with Crippen molar-refractivity contribution in [2.75, 3.05) is 18.8 Å². The van der Waals surface area contributed by atoms with Crippen LogP contribution >= 0.6 is 0 Å². The van der Waals surface area contributed by atoms with E-state index in [0.717, 1.165) is 0 Å². The number of nitrogen functional groups attached to an aromatic ring is 1. The highest BCUT2D eigenvalue weighted by Gasteiger charge is 2.39. The Balaban J connectivity index is 2.07. The summed E-state index contributed by atoms with van der Waals surface area (Å²) in [4.78, 5) is 18.0. The molecule has 2 rings (SSSR count). The normalized spacial score (nSPS) is 17.6. The maximum atomic E-state index is 12.1. The Morgan fingerprint density at radius 1 is 1.41 bits per heavy atom. The van der Waals surface area contributed by atoms with Crippen molar-refractivity contribution in [3.05, 3.63) is 24.0 Å². The van der Waals surface area contributed by atoms with Crippen LogP contribution in [0.25, 0.3) is 0 Å². The van der Waals surface area contributed by atoms with Gasteiger partial charge in [-0.15, -0.1) is 0 Å². The van der Waals surface area contributed by atoms with E-state index in [4.69, 9.17) is 10.5 Å². The van der Waals surface area contributed by atoms with E-state index < -0.39 is 11.0 Å². The predicted molar refractivity (Wildman–Crippen MR) is 83.0 cm³/mol. The van der Waals surface area contributed by atoms with Gasteiger partial charge in [-0.1, -0.05) is 0 Å². The summed E-state index contributed by atoms with van der Waals surface area (Å²) < 4.78 is 5.37. The average molecular weight is 302 g/mol. The molecule has 0 bridgehead atoms. The first kappa shape index (κ1) is 16.1. The summed E-state index contributed by atoms with van der Waals surface area (Å²) in [5, 5.41) is 9.62. The molecule has 0 radical (unpaired) electrons. The van der Waals surface area contributed by atoms with Crippen LogP contribution in [0.2, 0.25) is 0 Å². The number of aromatic nitrogens is 1. The fourth-order valence-electron chi connectivity index (χ4n) is 2.51. The number of nitriles is 1. The molecule has 0 atom stereocenters. The van der Waals surface area contributed by atoms with Crippen LogP contribution in [0.3, 0.4) is 0 Å². The number of hydrogen-bond donors (Lipinski definition) is 1. The Morgan fingerprint density at radius 3 is 2.50 bits per heavy atom. The topological polar surface area (TPSA) is 92.2 Å². The second-order valence-electron chi connectivity index (χ2n) is 6.64. The van der Waals surface area contributed by atoms with E-state index >= 15 is 0 Å². The van der Waals surface area contributed by atoms with Gasteiger partial charge in [0.25, 0.3) is 0 Å². The van der Waals surface area contributed by atoms with Crippen molar-refractivity contribution < 1.29 is 9.53 Å². The third-order valence-electron chi connectivity index (χ3n) is 3.76. The summed E-state index contributed by atoms with van der Waals surface area (Å²) >= 11 is 0. The third kappa shape index (κ3) is 3.48. The van der Waals surface area contributed by atoms with Gasteiger partial charge in [0, 0.05) is 13.1 Å². The summed E-state index contributed by atoms with van der Waals surface area (Å²) in [7, 11) is 0. The Bertz CT molecular complexity index is 576. The number of nitrogens with two attached hydrogens (primary N) is 1. The molecular formula is C16H22N4O2. The van der Waals surface area contributed by atoms with Crippen LogP contribution in [0.5, 0.6) is 0 Å². The average Bonchev–Trinajstić information content (AvgIpc) is 2.46. The molecule has 1 aromatic heterocycles. The lowest BCUT2D eigenvalue weighted by molar-refractivity contribution is 0.0184. The Morgan fingerprint density at radius 2 is 2.05 bits per heavy atom. The lowest BCUT2D eigenvalue weighted by atomic mass is 9.76. The van der Waals surface area contributed by atoms with E-state index in [0.29, 0.717) is 37.3 Å². The summed E-state index contributed by atoms with van der Waals surface area (Å²) in [5.74, 6) is 0. The fourth-order valence-corrected chi connectivity index (χ4v) is 2.51. The molecule has 1 saturated heterocycles. The molecule has 2 heterocycles. The summed E-state index contributed by atoms with van der Waals surface area (Å²) in [6.45, 7) is 6.48. The van der Waals surface area contributed by atoms with E-state index in [-0.39, 0.29) is 6.09 Å². The molecule has 0 unspecified atom stereocenters. The van der Waals surface area contributed by atoms with Crippen molar-refractivity contribution in [3.8, 4) is 6.07 Å². The molecule has 1 amide bonds. The highest BCUT2D eigenvalue weighted by atomic mass is 16.6. The van der Waals surface area contributed by atoms with Gasteiger partial charge < -0.3 is 15.4 Å². The van der Waals surface area contributed by atoms with Crippen LogP contribution < -0.4 is 5.73 Å². The quantitative estimate of drug-likeness (QED) is 0.860. The molecule has 1 aliphatic rings. The minimum Gasteiger partial charge on any atom is -0.444 e. The maximum Gasteiger partial charge on any atom is 0.410 e. The highest BCUT2D eigenvalue weighted by molar-refractivity contribution is 5.68. The second kappa shape index (κ2) is 5.84. The number of pyridine rings is 1. The molecule has 22 heavy (non-hydrogen) atoms. The largest absolute Gasteiger partial charge is 0.444 e. The molecule has 0 aromatic carbocycles. The van der Waals surface area contributed by atoms with E-state index in [1.54, 1.807) is 23.2 Å². The maximum absolute atomic E-state index is 12.1. The molecule has 118 valence electrons. The van der Waals surface area contributed by atoms with E-state index in [1.165, 1.54) is 0 Å². The van der Waals surface area contributed by atoms with E-state index in [2.05, 4.69) is 11.1 Å². The number of amides is 1. The number of carbonyl (C=O) groups is 1. The molecular weight excluding hydrogens is 280 g/mol. The lowest BCUT2D eigenvalue weighted by Crippen LogP contribution is -2.46. The van der Waals surface area contributed by atoms with Crippen molar-refractivity contribution in [1.82, 2.24) is 9.88 Å². The fraction of sp³-hybridized carbons (Fsp3) is 0.562. The van der Waals surface area contributed by atoms with Crippen LogP contribution in [-0.2, 0) is 10.2 Å². The zero-order valence-electron chi connectivity index (χ0n) is 13.3. The van der Waals surface area contributed by atoms with Gasteiger partial charge in [-0.3, -0.25) is 4.98 Å². The first-order valence-corrected chi connectivity index (χ1v) is 7.37. The van der Waals surface area contributed by atoms with Crippen LogP contribution in [0.1, 0.15) is 39.3 Å². The van der Waals surface area contributed by atoms with Gasteiger partial charge in [-0.2, -0.15) is 5.26 Å². The van der Waals surface area contributed by atoms with Crippen LogP contribution in [0.4, 0.5) is 10.5 Å². The summed E-state index contributed by atoms with van der Waals surface area (Å²) in [6.07, 6.45) is 2.32. The molecule has 0 aliphatic carbocycles. The molecule has 1 aliphatic heterocycles. The molecule has 6 nitrogen and oxygen atoms in total. The summed E-state index contributed by atoms with van der Waals surface area (Å²) in [5.41, 5.74) is 5.76. The first-order chi connectivity index (χ1) is 10.3. The van der Waals surface area contributed by atoms with Gasteiger partial charge in [-0.05, 0) is 45.7 Å². The lowest BCUT2D eigenvalue weighted by Gasteiger charge is -2.37. The zero-order valence-corrected chi connectivity index (χ0v) is 13.3. The van der Waals surface area contributed by atoms with Crippen LogP contribution in [0, 0.1) is 11.3 Å². The van der Waals surface area contributed by atoms with E-state index in [1.807, 2.05) is 20.8 Å². The van der Waals surface area contributed by atoms with Crippen molar-refractivity contribution >= 4 is 11.8 Å². The SMILES string of the molecule is CC(C)(C)OC(=O)N1CCC(C#N)(c2ccc(N)cn2)CC1. The minimum absolute atomic E-state index is 0.329. The zero-order chi connectivity index (χ0) is 16.4. The van der Waals surface area contributed by atoms with E-state index in [9.17, 15) is 10.1 Å². The predicted octanol–water partition coefficient (Wildman–Crippen LogP) is 2.46. The number of likely N-dealkylation sites (tertiary alicyclic amines) is 1. The minimum atomic E-state index is -0.661. The number of hydrogen-bond acceptors (Lipinski definition) is 5. The summed E-state index contributed by atoms with van der Waals surface area (Å²) in [6, 6.07) is 5.92. The van der Waals surface area contributed by atoms with Gasteiger partial charge >= 0.3 is 6.09 Å². The Labute approximate surface area is 130 Å². The second-order valence-corrected chi connectivity index (χ2v) is 6.64. The molecule has 0 spiro atoms. The molecule has 1 fully saturated rings. The number of rotatable bonds is 1. The Kier molecular flexibility index (Phi) is 4.27. The highest BCUT2D eigenvalue weighted by Crippen LogP contribution is 2.34.